The van der Waals surface area contributed by atoms with Gasteiger partial charge in [-0.3, -0.25) is 0 Å². The van der Waals surface area contributed by atoms with Crippen molar-refractivity contribution < 1.29 is 5.90 Å². The Bertz CT molecular complexity index is 9.51. The summed E-state index contributed by atoms with van der Waals surface area (Å²) in [5.74, 6) is 2.00. The van der Waals surface area contributed by atoms with Crippen molar-refractivity contribution in [2.45, 2.75) is 26.7 Å². The first kappa shape index (κ1) is 9.33. The SMILES string of the molecule is CCCC.[NH3+][O-]. The lowest BCUT2D eigenvalue weighted by Gasteiger charge is -1.68. The number of quaternary nitrogens is 1. The van der Waals surface area contributed by atoms with E-state index >= 15 is 0 Å². The third-order valence-corrected chi connectivity index (χ3v) is 0.500. The zero-order valence-corrected chi connectivity index (χ0v) is 4.53. The highest BCUT2D eigenvalue weighted by atomic mass is 16.4. The van der Waals surface area contributed by atoms with E-state index in [0.29, 0.717) is 0 Å². The van der Waals surface area contributed by atoms with Crippen molar-refractivity contribution in [1.82, 2.24) is 0 Å². The maximum absolute atomic E-state index is 8.00. The largest absolute Gasteiger partial charge is 0.637 e. The second-order valence-electron chi connectivity index (χ2n) is 1.000. The van der Waals surface area contributed by atoms with Crippen LogP contribution in [-0.2, 0) is 0 Å². The average molecular weight is 91.2 g/mol. The van der Waals surface area contributed by atoms with Gasteiger partial charge in [0.05, 0.1) is 0 Å². The van der Waals surface area contributed by atoms with Gasteiger partial charge in [0.1, 0.15) is 0 Å². The maximum atomic E-state index is 8.00. The van der Waals surface area contributed by atoms with Gasteiger partial charge in [-0.1, -0.05) is 26.7 Å². The summed E-state index contributed by atoms with van der Waals surface area (Å²) in [6.45, 7) is 4.36. The molecule has 0 amide bonds. The van der Waals surface area contributed by atoms with Gasteiger partial charge in [-0.2, -0.15) is 0 Å². The summed E-state index contributed by atoms with van der Waals surface area (Å²) < 4.78 is 0. The summed E-state index contributed by atoms with van der Waals surface area (Å²) in [6, 6.07) is 0. The molecule has 0 atom stereocenters. The molecule has 0 unspecified atom stereocenters. The van der Waals surface area contributed by atoms with E-state index in [9.17, 15) is 0 Å². The molecule has 0 aliphatic rings. The minimum atomic E-state index is 1.32. The molecule has 3 N–H and O–H groups in total. The number of unbranched alkanes of at least 4 members (excludes halogenated alkanes) is 1. The highest BCUT2D eigenvalue weighted by Crippen LogP contribution is 1.76. The van der Waals surface area contributed by atoms with Crippen molar-refractivity contribution in [2.24, 2.45) is 0 Å². The second kappa shape index (κ2) is 20.5. The summed E-state index contributed by atoms with van der Waals surface area (Å²) in [5, 5.41) is 8.00. The van der Waals surface area contributed by atoms with Crippen LogP contribution in [-0.4, -0.2) is 0 Å². The number of hydrogen-bond donors (Lipinski definition) is 1. The van der Waals surface area contributed by atoms with E-state index in [0.717, 1.165) is 0 Å². The Labute approximate surface area is 38.9 Å². The molecule has 0 fully saturated rings. The standard InChI is InChI=1S/C4H10.H3NO/c1-3-4-2;1-2/h3-4H2,1-2H3;1H3. The average Bonchev–Trinajstić information content (AvgIpc) is 1.72. The van der Waals surface area contributed by atoms with E-state index in [-0.39, 0.29) is 0 Å². The quantitative estimate of drug-likeness (QED) is 0.470. The van der Waals surface area contributed by atoms with E-state index in [1.165, 1.54) is 12.8 Å². The van der Waals surface area contributed by atoms with Crippen LogP contribution in [0.2, 0.25) is 0 Å². The third kappa shape index (κ3) is 39.5. The van der Waals surface area contributed by atoms with Crippen LogP contribution >= 0.6 is 0 Å². The molecule has 0 aliphatic carbocycles. The van der Waals surface area contributed by atoms with Gasteiger partial charge in [0.2, 0.25) is 0 Å². The molecule has 0 aromatic rings. The summed E-state index contributed by atoms with van der Waals surface area (Å²) in [5.41, 5.74) is 0. The molecule has 0 saturated carbocycles. The van der Waals surface area contributed by atoms with Crippen LogP contribution in [0.4, 0.5) is 0 Å². The van der Waals surface area contributed by atoms with Crippen LogP contribution in [0.1, 0.15) is 26.7 Å². The Balaban J connectivity index is 0. The van der Waals surface area contributed by atoms with Gasteiger partial charge in [-0.25, -0.2) is 0 Å². The number of hydrogen-bond acceptors (Lipinski definition) is 1. The summed E-state index contributed by atoms with van der Waals surface area (Å²) in [4.78, 5) is 0. The normalized spacial score (nSPS) is 6.00. The van der Waals surface area contributed by atoms with E-state index in [4.69, 9.17) is 5.21 Å². The van der Waals surface area contributed by atoms with E-state index < -0.39 is 0 Å². The van der Waals surface area contributed by atoms with Crippen molar-refractivity contribution in [2.75, 3.05) is 0 Å². The Morgan fingerprint density at radius 3 is 1.33 bits per heavy atom. The lowest BCUT2D eigenvalue weighted by molar-refractivity contribution is -0.275. The Hall–Kier alpha value is -0.0800. The van der Waals surface area contributed by atoms with Crippen LogP contribution < -0.4 is 5.90 Å². The topological polar surface area (TPSA) is 50.7 Å². The molecule has 0 aromatic carbocycles. The third-order valence-electron chi connectivity index (χ3n) is 0.500. The fourth-order valence-electron chi connectivity index (χ4n) is 0. The molecule has 0 heterocycles. The van der Waals surface area contributed by atoms with E-state index in [1.54, 1.807) is 0 Å². The minimum absolute atomic E-state index is 1.32. The van der Waals surface area contributed by atoms with Crippen molar-refractivity contribution in [3.8, 4) is 0 Å². The van der Waals surface area contributed by atoms with Gasteiger partial charge in [-0.05, 0) is 0 Å². The molecule has 0 saturated heterocycles. The zero-order valence-electron chi connectivity index (χ0n) is 4.53. The van der Waals surface area contributed by atoms with E-state index in [1.807, 2.05) is 5.90 Å². The van der Waals surface area contributed by atoms with Crippen molar-refractivity contribution in [1.29, 1.82) is 0 Å². The molecule has 40 valence electrons. The molecule has 2 heteroatoms. The van der Waals surface area contributed by atoms with Crippen LogP contribution in [0.15, 0.2) is 0 Å². The molecule has 0 rings (SSSR count). The molecule has 2 nitrogen and oxygen atoms in total. The summed E-state index contributed by atoms with van der Waals surface area (Å²) >= 11 is 0. The van der Waals surface area contributed by atoms with Gasteiger partial charge in [-0.15, -0.1) is 0 Å². The molecule has 0 aliphatic heterocycles. The fraction of sp³-hybridized carbons (Fsp3) is 1.00. The smallest absolute Gasteiger partial charge is 0.0564 e. The van der Waals surface area contributed by atoms with E-state index in [2.05, 4.69) is 13.8 Å². The Kier molecular flexibility index (Phi) is 31.9. The minimum Gasteiger partial charge on any atom is -0.637 e. The molecular formula is C4H13NO. The van der Waals surface area contributed by atoms with Gasteiger partial charge < -0.3 is 11.1 Å². The van der Waals surface area contributed by atoms with Gasteiger partial charge in [0.25, 0.3) is 0 Å². The van der Waals surface area contributed by atoms with Gasteiger partial charge >= 0.3 is 0 Å². The Morgan fingerprint density at radius 1 is 1.17 bits per heavy atom. The van der Waals surface area contributed by atoms with Crippen LogP contribution in [0, 0.1) is 5.21 Å². The maximum Gasteiger partial charge on any atom is -0.0564 e. The monoisotopic (exact) mass is 91.1 g/mol. The first-order valence-corrected chi connectivity index (χ1v) is 2.20. The fourth-order valence-corrected chi connectivity index (χ4v) is 0. The summed E-state index contributed by atoms with van der Waals surface area (Å²) in [6.07, 6.45) is 2.64. The zero-order chi connectivity index (χ0) is 5.41. The highest BCUT2D eigenvalue weighted by Gasteiger charge is 1.56. The molecule has 0 spiro atoms. The van der Waals surface area contributed by atoms with Crippen LogP contribution in [0.25, 0.3) is 0 Å². The Morgan fingerprint density at radius 2 is 1.33 bits per heavy atom. The van der Waals surface area contributed by atoms with Crippen molar-refractivity contribution in [3.05, 3.63) is 5.21 Å². The van der Waals surface area contributed by atoms with Gasteiger partial charge in [0, 0.05) is 0 Å². The molecule has 0 aromatic heterocycles. The van der Waals surface area contributed by atoms with Crippen LogP contribution in [0.3, 0.4) is 0 Å². The molecule has 0 radical (unpaired) electrons. The lowest BCUT2D eigenvalue weighted by Crippen LogP contribution is -2.37. The first-order valence-electron chi connectivity index (χ1n) is 2.20. The lowest BCUT2D eigenvalue weighted by atomic mass is 10.4. The number of rotatable bonds is 1. The predicted octanol–water partition coefficient (Wildman–Crippen LogP) is 0.533. The van der Waals surface area contributed by atoms with Crippen molar-refractivity contribution >= 4 is 0 Å². The van der Waals surface area contributed by atoms with Crippen LogP contribution in [0.5, 0.6) is 0 Å². The van der Waals surface area contributed by atoms with Gasteiger partial charge in [0.15, 0.2) is 0 Å². The second-order valence-corrected chi connectivity index (χ2v) is 1.000. The molecule has 0 bridgehead atoms. The summed E-state index contributed by atoms with van der Waals surface area (Å²) in [7, 11) is 0. The van der Waals surface area contributed by atoms with Crippen molar-refractivity contribution in [3.63, 3.8) is 0 Å². The molecular weight excluding hydrogens is 78.0 g/mol. The highest BCUT2D eigenvalue weighted by molar-refractivity contribution is 4.12. The molecule has 6 heavy (non-hydrogen) atoms. The predicted molar refractivity (Wildman–Crippen MR) is 26.8 cm³/mol. The first-order chi connectivity index (χ1) is 2.91.